The maximum atomic E-state index is 12.9. The zero-order chi connectivity index (χ0) is 22.7. The average Bonchev–Trinajstić information content (AvgIpc) is 3.13. The second-order valence-electron chi connectivity index (χ2n) is 8.40. The highest BCUT2D eigenvalue weighted by Gasteiger charge is 2.27. The Morgan fingerprint density at radius 2 is 2.03 bits per heavy atom. The van der Waals surface area contributed by atoms with Crippen LogP contribution in [0.25, 0.3) is 11.0 Å². The SMILES string of the molecule is CCN1CCCC(OC(=O)CCc2nc3cc(S(=O)(=O)N4CCOCC4)ccc3n2C)C1. The van der Waals surface area contributed by atoms with E-state index in [2.05, 4.69) is 16.8 Å². The highest BCUT2D eigenvalue weighted by atomic mass is 32.2. The molecular weight excluding hydrogens is 432 g/mol. The molecule has 0 N–H and O–H groups in total. The van der Waals surface area contributed by atoms with Crippen molar-refractivity contribution in [3.8, 4) is 0 Å². The van der Waals surface area contributed by atoms with Gasteiger partial charge in [0.05, 0.1) is 35.6 Å². The Hall–Kier alpha value is -2.01. The monoisotopic (exact) mass is 464 g/mol. The summed E-state index contributed by atoms with van der Waals surface area (Å²) in [5, 5.41) is 0. The number of hydrogen-bond acceptors (Lipinski definition) is 7. The Morgan fingerprint density at radius 3 is 2.78 bits per heavy atom. The number of imidazole rings is 1. The van der Waals surface area contributed by atoms with Crippen LogP contribution >= 0.6 is 0 Å². The zero-order valence-corrected chi connectivity index (χ0v) is 19.6. The second-order valence-corrected chi connectivity index (χ2v) is 10.3. The van der Waals surface area contributed by atoms with Crippen LogP contribution in [-0.4, -0.2) is 85.2 Å². The summed E-state index contributed by atoms with van der Waals surface area (Å²) in [5.74, 6) is 0.521. The molecule has 4 rings (SSSR count). The van der Waals surface area contributed by atoms with Crippen molar-refractivity contribution in [3.63, 3.8) is 0 Å². The summed E-state index contributed by atoms with van der Waals surface area (Å²) in [7, 11) is -1.70. The molecule has 32 heavy (non-hydrogen) atoms. The summed E-state index contributed by atoms with van der Waals surface area (Å²) in [6, 6.07) is 5.01. The number of sulfonamides is 1. The highest BCUT2D eigenvalue weighted by Crippen LogP contribution is 2.23. The number of nitrogens with zero attached hydrogens (tertiary/aromatic N) is 4. The summed E-state index contributed by atoms with van der Waals surface area (Å²) >= 11 is 0. The van der Waals surface area contributed by atoms with Crippen molar-refractivity contribution in [2.45, 2.75) is 43.6 Å². The normalized spacial score (nSPS) is 21.1. The van der Waals surface area contributed by atoms with E-state index in [9.17, 15) is 13.2 Å². The molecule has 0 bridgehead atoms. The Bertz CT molecular complexity index is 1060. The fraction of sp³-hybridized carbons (Fsp3) is 0.636. The molecule has 9 nitrogen and oxygen atoms in total. The van der Waals surface area contributed by atoms with Crippen molar-refractivity contribution in [1.82, 2.24) is 18.8 Å². The molecule has 1 aromatic heterocycles. The third-order valence-corrected chi connectivity index (χ3v) is 8.21. The van der Waals surface area contributed by atoms with E-state index in [1.807, 2.05) is 11.6 Å². The van der Waals surface area contributed by atoms with Crippen LogP contribution in [0.3, 0.4) is 0 Å². The smallest absolute Gasteiger partial charge is 0.306 e. The van der Waals surface area contributed by atoms with E-state index >= 15 is 0 Å². The molecular formula is C22H32N4O5S. The number of likely N-dealkylation sites (N-methyl/N-ethyl adjacent to an activating group) is 1. The van der Waals surface area contributed by atoms with Crippen molar-refractivity contribution in [3.05, 3.63) is 24.0 Å². The molecule has 1 aromatic carbocycles. The number of aromatic nitrogens is 2. The molecule has 3 heterocycles. The molecule has 0 aliphatic carbocycles. The van der Waals surface area contributed by atoms with E-state index in [4.69, 9.17) is 9.47 Å². The van der Waals surface area contributed by atoms with E-state index in [0.29, 0.717) is 38.2 Å². The van der Waals surface area contributed by atoms with E-state index < -0.39 is 10.0 Å². The molecule has 2 aromatic rings. The van der Waals surface area contributed by atoms with Crippen molar-refractivity contribution in [1.29, 1.82) is 0 Å². The summed E-state index contributed by atoms with van der Waals surface area (Å²) in [6.45, 7) is 6.47. The summed E-state index contributed by atoms with van der Waals surface area (Å²) in [6.07, 6.45) is 2.62. The first kappa shape index (κ1) is 23.2. The first-order valence-electron chi connectivity index (χ1n) is 11.3. The van der Waals surface area contributed by atoms with Crippen LogP contribution in [0, 0.1) is 0 Å². The number of likely N-dealkylation sites (tertiary alicyclic amines) is 1. The van der Waals surface area contributed by atoms with Gasteiger partial charge in [0.25, 0.3) is 0 Å². The minimum atomic E-state index is -3.58. The zero-order valence-electron chi connectivity index (χ0n) is 18.8. The van der Waals surface area contributed by atoms with Crippen molar-refractivity contribution >= 4 is 27.0 Å². The molecule has 0 spiro atoms. The Kier molecular flexibility index (Phi) is 7.14. The maximum Gasteiger partial charge on any atom is 0.306 e. The summed E-state index contributed by atoms with van der Waals surface area (Å²) < 4.78 is 40.2. The molecule has 0 saturated carbocycles. The third-order valence-electron chi connectivity index (χ3n) is 6.31. The lowest BCUT2D eigenvalue weighted by Gasteiger charge is -2.31. The first-order valence-corrected chi connectivity index (χ1v) is 12.8. The van der Waals surface area contributed by atoms with Gasteiger partial charge in [-0.1, -0.05) is 6.92 Å². The Morgan fingerprint density at radius 1 is 1.25 bits per heavy atom. The van der Waals surface area contributed by atoms with Crippen LogP contribution in [0.4, 0.5) is 0 Å². The minimum absolute atomic E-state index is 0.0374. The molecule has 1 unspecified atom stereocenters. The van der Waals surface area contributed by atoms with Crippen LogP contribution in [0.15, 0.2) is 23.1 Å². The van der Waals surface area contributed by atoms with E-state index in [1.165, 1.54) is 4.31 Å². The lowest BCUT2D eigenvalue weighted by Crippen LogP contribution is -2.40. The molecule has 176 valence electrons. The average molecular weight is 465 g/mol. The summed E-state index contributed by atoms with van der Waals surface area (Å²) in [5.41, 5.74) is 1.44. The van der Waals surface area contributed by atoms with Crippen LogP contribution in [0.1, 0.15) is 32.0 Å². The van der Waals surface area contributed by atoms with Gasteiger partial charge in [0, 0.05) is 33.1 Å². The number of hydrogen-bond donors (Lipinski definition) is 0. The van der Waals surface area contributed by atoms with Crippen molar-refractivity contribution < 1.29 is 22.7 Å². The number of fused-ring (bicyclic) bond motifs is 1. The van der Waals surface area contributed by atoms with Crippen LogP contribution < -0.4 is 0 Å². The molecule has 2 aliphatic heterocycles. The van der Waals surface area contributed by atoms with Gasteiger partial charge in [-0.05, 0) is 44.1 Å². The number of carbonyl (C=O) groups excluding carboxylic acids is 1. The van der Waals surface area contributed by atoms with Gasteiger partial charge in [-0.25, -0.2) is 13.4 Å². The van der Waals surface area contributed by atoms with Gasteiger partial charge >= 0.3 is 5.97 Å². The quantitative estimate of drug-likeness (QED) is 0.574. The molecule has 0 radical (unpaired) electrons. The lowest BCUT2D eigenvalue weighted by atomic mass is 10.1. The molecule has 1 atom stereocenters. The van der Waals surface area contributed by atoms with Gasteiger partial charge in [-0.3, -0.25) is 9.69 Å². The Labute approximate surface area is 189 Å². The van der Waals surface area contributed by atoms with Crippen LogP contribution in [0.5, 0.6) is 0 Å². The van der Waals surface area contributed by atoms with Crippen LogP contribution in [-0.2, 0) is 37.8 Å². The van der Waals surface area contributed by atoms with Gasteiger partial charge in [0.1, 0.15) is 11.9 Å². The Balaban J connectivity index is 1.42. The molecule has 2 aliphatic rings. The van der Waals surface area contributed by atoms with Gasteiger partial charge in [-0.2, -0.15) is 4.31 Å². The van der Waals surface area contributed by atoms with Crippen molar-refractivity contribution in [2.75, 3.05) is 45.9 Å². The predicted molar refractivity (Wildman–Crippen MR) is 120 cm³/mol. The van der Waals surface area contributed by atoms with Crippen molar-refractivity contribution in [2.24, 2.45) is 7.05 Å². The minimum Gasteiger partial charge on any atom is -0.461 e. The highest BCUT2D eigenvalue weighted by molar-refractivity contribution is 7.89. The molecule has 0 amide bonds. The predicted octanol–water partition coefficient (Wildman–Crippen LogP) is 1.55. The number of rotatable bonds is 7. The van der Waals surface area contributed by atoms with Gasteiger partial charge in [0.15, 0.2) is 0 Å². The van der Waals surface area contributed by atoms with Gasteiger partial charge in [0.2, 0.25) is 10.0 Å². The van der Waals surface area contributed by atoms with E-state index in [1.54, 1.807) is 18.2 Å². The topological polar surface area (TPSA) is 94.0 Å². The second kappa shape index (κ2) is 9.86. The third kappa shape index (κ3) is 4.98. The van der Waals surface area contributed by atoms with E-state index in [-0.39, 0.29) is 23.4 Å². The summed E-state index contributed by atoms with van der Waals surface area (Å²) in [4.78, 5) is 19.5. The molecule has 2 fully saturated rings. The number of morpholine rings is 1. The number of benzene rings is 1. The van der Waals surface area contributed by atoms with Gasteiger partial charge < -0.3 is 14.0 Å². The first-order chi connectivity index (χ1) is 15.4. The number of carbonyl (C=O) groups is 1. The molecule has 10 heteroatoms. The maximum absolute atomic E-state index is 12.9. The fourth-order valence-electron chi connectivity index (χ4n) is 4.40. The number of esters is 1. The fourth-order valence-corrected chi connectivity index (χ4v) is 5.83. The van der Waals surface area contributed by atoms with Crippen LogP contribution in [0.2, 0.25) is 0 Å². The largest absolute Gasteiger partial charge is 0.461 e. The number of aryl methyl sites for hydroxylation is 2. The standard InChI is InChI=1S/C22H32N4O5S/c1-3-25-10-4-5-17(16-25)31-22(27)9-8-21-23-19-15-18(6-7-20(19)24(21)2)32(28,29)26-11-13-30-14-12-26/h6-7,15,17H,3-5,8-14,16H2,1-2H3. The van der Waals surface area contributed by atoms with Gasteiger partial charge in [-0.15, -0.1) is 0 Å². The number of piperidine rings is 1. The lowest BCUT2D eigenvalue weighted by molar-refractivity contribution is -0.151. The van der Waals surface area contributed by atoms with E-state index in [0.717, 1.165) is 43.8 Å². The molecule has 2 saturated heterocycles. The number of ether oxygens (including phenoxy) is 2.